The molecule has 0 bridgehead atoms. The van der Waals surface area contributed by atoms with E-state index in [0.717, 1.165) is 6.26 Å². The normalized spacial score (nSPS) is 11.1. The lowest BCUT2D eigenvalue weighted by molar-refractivity contribution is 0.287. The first kappa shape index (κ1) is 14.6. The predicted molar refractivity (Wildman–Crippen MR) is 67.9 cm³/mol. The SMILES string of the molecule is COc1cccc(OCCNS(C)(=O)=O)c1OC. The minimum atomic E-state index is -3.19. The standard InChI is InChI=1S/C11H17NO5S/c1-15-9-5-4-6-10(11(9)16-2)17-8-7-12-18(3,13)14/h4-6,12H,7-8H2,1-3H3. The highest BCUT2D eigenvalue weighted by Crippen LogP contribution is 2.36. The second-order valence-corrected chi connectivity index (χ2v) is 5.34. The highest BCUT2D eigenvalue weighted by atomic mass is 32.2. The minimum absolute atomic E-state index is 0.194. The molecular weight excluding hydrogens is 258 g/mol. The van der Waals surface area contributed by atoms with Crippen LogP contribution in [0.2, 0.25) is 0 Å². The van der Waals surface area contributed by atoms with Crippen molar-refractivity contribution < 1.29 is 22.6 Å². The number of rotatable bonds is 7. The van der Waals surface area contributed by atoms with E-state index in [1.54, 1.807) is 18.2 Å². The third-order valence-electron chi connectivity index (χ3n) is 2.09. The zero-order valence-corrected chi connectivity index (χ0v) is 11.4. The molecule has 1 aromatic rings. The van der Waals surface area contributed by atoms with Gasteiger partial charge in [-0.3, -0.25) is 0 Å². The maximum atomic E-state index is 10.9. The summed E-state index contributed by atoms with van der Waals surface area (Å²) in [6.07, 6.45) is 1.10. The van der Waals surface area contributed by atoms with Gasteiger partial charge in [-0.1, -0.05) is 6.07 Å². The summed E-state index contributed by atoms with van der Waals surface area (Å²) in [7, 11) is -0.145. The Hall–Kier alpha value is -1.47. The molecule has 0 saturated heterocycles. The fourth-order valence-corrected chi connectivity index (χ4v) is 1.81. The largest absolute Gasteiger partial charge is 0.493 e. The van der Waals surface area contributed by atoms with Crippen molar-refractivity contribution in [1.82, 2.24) is 4.72 Å². The van der Waals surface area contributed by atoms with E-state index in [0.29, 0.717) is 17.2 Å². The van der Waals surface area contributed by atoms with Crippen LogP contribution in [0.25, 0.3) is 0 Å². The molecule has 0 heterocycles. The summed E-state index contributed by atoms with van der Waals surface area (Å²) in [5.74, 6) is 1.55. The Labute approximate surface area is 107 Å². The van der Waals surface area contributed by atoms with E-state index >= 15 is 0 Å². The molecule has 0 saturated carbocycles. The van der Waals surface area contributed by atoms with E-state index in [1.165, 1.54) is 14.2 Å². The number of methoxy groups -OCH3 is 2. The summed E-state index contributed by atoms with van der Waals surface area (Å²) >= 11 is 0. The van der Waals surface area contributed by atoms with Gasteiger partial charge in [-0.25, -0.2) is 13.1 Å². The molecule has 0 atom stereocenters. The van der Waals surface area contributed by atoms with Crippen LogP contribution in [0.15, 0.2) is 18.2 Å². The lowest BCUT2D eigenvalue weighted by Crippen LogP contribution is -2.26. The Morgan fingerprint density at radius 3 is 2.39 bits per heavy atom. The van der Waals surface area contributed by atoms with Gasteiger partial charge >= 0.3 is 0 Å². The highest BCUT2D eigenvalue weighted by Gasteiger charge is 2.10. The Morgan fingerprint density at radius 1 is 1.17 bits per heavy atom. The third kappa shape index (κ3) is 4.42. The van der Waals surface area contributed by atoms with Crippen LogP contribution in [-0.2, 0) is 10.0 Å². The predicted octanol–water partition coefficient (Wildman–Crippen LogP) is 0.632. The second kappa shape index (κ2) is 6.46. The molecule has 0 radical (unpaired) electrons. The molecule has 0 spiro atoms. The lowest BCUT2D eigenvalue weighted by Gasteiger charge is -2.13. The number of benzene rings is 1. The van der Waals surface area contributed by atoms with Gasteiger partial charge in [-0.2, -0.15) is 0 Å². The molecule has 7 heteroatoms. The van der Waals surface area contributed by atoms with Gasteiger partial charge < -0.3 is 14.2 Å². The Balaban J connectivity index is 2.62. The maximum absolute atomic E-state index is 10.9. The molecule has 0 unspecified atom stereocenters. The van der Waals surface area contributed by atoms with Crippen LogP contribution in [0.1, 0.15) is 0 Å². The quantitative estimate of drug-likeness (QED) is 0.739. The molecule has 6 nitrogen and oxygen atoms in total. The first-order chi connectivity index (χ1) is 8.48. The Bertz CT molecular complexity index is 486. The van der Waals surface area contributed by atoms with Crippen LogP contribution in [0.4, 0.5) is 0 Å². The number of nitrogens with one attached hydrogen (secondary N) is 1. The molecule has 0 fully saturated rings. The van der Waals surface area contributed by atoms with Crippen LogP contribution in [0.3, 0.4) is 0 Å². The van der Waals surface area contributed by atoms with Crippen molar-refractivity contribution in [2.24, 2.45) is 0 Å². The molecule has 102 valence electrons. The summed E-state index contributed by atoms with van der Waals surface area (Å²) < 4.78 is 39.8. The topological polar surface area (TPSA) is 73.9 Å². The molecule has 1 rings (SSSR count). The van der Waals surface area contributed by atoms with E-state index < -0.39 is 10.0 Å². The Kier molecular flexibility index (Phi) is 5.24. The van der Waals surface area contributed by atoms with Gasteiger partial charge in [0, 0.05) is 6.54 Å². The van der Waals surface area contributed by atoms with Crippen molar-refractivity contribution >= 4 is 10.0 Å². The van der Waals surface area contributed by atoms with Gasteiger partial charge in [0.25, 0.3) is 0 Å². The van der Waals surface area contributed by atoms with Gasteiger partial charge in [-0.05, 0) is 12.1 Å². The van der Waals surface area contributed by atoms with E-state index in [2.05, 4.69) is 4.72 Å². The highest BCUT2D eigenvalue weighted by molar-refractivity contribution is 7.88. The second-order valence-electron chi connectivity index (χ2n) is 3.51. The monoisotopic (exact) mass is 275 g/mol. The summed E-state index contributed by atoms with van der Waals surface area (Å²) in [6, 6.07) is 5.24. The average molecular weight is 275 g/mol. The smallest absolute Gasteiger partial charge is 0.208 e. The molecule has 0 amide bonds. The van der Waals surface area contributed by atoms with Crippen LogP contribution in [0.5, 0.6) is 17.2 Å². The average Bonchev–Trinajstić information content (AvgIpc) is 2.32. The molecule has 18 heavy (non-hydrogen) atoms. The van der Waals surface area contributed by atoms with Crippen molar-refractivity contribution in [2.75, 3.05) is 33.6 Å². The summed E-state index contributed by atoms with van der Waals surface area (Å²) in [6.45, 7) is 0.399. The summed E-state index contributed by atoms with van der Waals surface area (Å²) in [4.78, 5) is 0. The first-order valence-electron chi connectivity index (χ1n) is 5.26. The minimum Gasteiger partial charge on any atom is -0.493 e. The van der Waals surface area contributed by atoms with E-state index in [1.807, 2.05) is 0 Å². The van der Waals surface area contributed by atoms with Gasteiger partial charge in [0.05, 0.1) is 20.5 Å². The van der Waals surface area contributed by atoms with Crippen molar-refractivity contribution in [3.05, 3.63) is 18.2 Å². The van der Waals surface area contributed by atoms with E-state index in [9.17, 15) is 8.42 Å². The molecule has 1 aromatic carbocycles. The van der Waals surface area contributed by atoms with Crippen molar-refractivity contribution in [3.8, 4) is 17.2 Å². The molecule has 0 aliphatic heterocycles. The van der Waals surface area contributed by atoms with Crippen molar-refractivity contribution in [1.29, 1.82) is 0 Å². The molecular formula is C11H17NO5S. The number of hydrogen-bond donors (Lipinski definition) is 1. The van der Waals surface area contributed by atoms with Crippen molar-refractivity contribution in [3.63, 3.8) is 0 Å². The van der Waals surface area contributed by atoms with Crippen LogP contribution in [-0.4, -0.2) is 42.0 Å². The Morgan fingerprint density at radius 2 is 1.83 bits per heavy atom. The summed E-state index contributed by atoms with van der Waals surface area (Å²) in [5, 5.41) is 0. The van der Waals surface area contributed by atoms with Gasteiger partial charge in [0.15, 0.2) is 11.5 Å². The lowest BCUT2D eigenvalue weighted by atomic mass is 10.3. The summed E-state index contributed by atoms with van der Waals surface area (Å²) in [5.41, 5.74) is 0. The number of sulfonamides is 1. The third-order valence-corrected chi connectivity index (χ3v) is 2.82. The molecule has 1 N–H and O–H groups in total. The number of ether oxygens (including phenoxy) is 3. The van der Waals surface area contributed by atoms with Crippen LogP contribution >= 0.6 is 0 Å². The van der Waals surface area contributed by atoms with Gasteiger partial charge in [0.1, 0.15) is 6.61 Å². The van der Waals surface area contributed by atoms with Crippen LogP contribution in [0, 0.1) is 0 Å². The zero-order chi connectivity index (χ0) is 13.6. The van der Waals surface area contributed by atoms with Gasteiger partial charge in [-0.15, -0.1) is 0 Å². The number of para-hydroxylation sites is 1. The fraction of sp³-hybridized carbons (Fsp3) is 0.455. The molecule has 0 aromatic heterocycles. The van der Waals surface area contributed by atoms with Crippen LogP contribution < -0.4 is 18.9 Å². The van der Waals surface area contributed by atoms with E-state index in [4.69, 9.17) is 14.2 Å². The first-order valence-corrected chi connectivity index (χ1v) is 7.15. The van der Waals surface area contributed by atoms with Gasteiger partial charge in [0.2, 0.25) is 15.8 Å². The fourth-order valence-electron chi connectivity index (χ4n) is 1.36. The molecule has 0 aliphatic carbocycles. The molecule has 0 aliphatic rings. The maximum Gasteiger partial charge on any atom is 0.208 e. The van der Waals surface area contributed by atoms with E-state index in [-0.39, 0.29) is 13.2 Å². The number of hydrogen-bond acceptors (Lipinski definition) is 5. The zero-order valence-electron chi connectivity index (χ0n) is 10.6. The van der Waals surface area contributed by atoms with Crippen molar-refractivity contribution in [2.45, 2.75) is 0 Å².